The van der Waals surface area contributed by atoms with Crippen molar-refractivity contribution in [2.75, 3.05) is 16.2 Å². The Kier molecular flexibility index (Phi) is 5.39. The maximum absolute atomic E-state index is 13.3. The van der Waals surface area contributed by atoms with Crippen LogP contribution in [-0.4, -0.2) is 35.6 Å². The van der Waals surface area contributed by atoms with Crippen LogP contribution in [0.5, 0.6) is 0 Å². The molecule has 0 bridgehead atoms. The Labute approximate surface area is 178 Å². The van der Waals surface area contributed by atoms with Crippen LogP contribution in [0.1, 0.15) is 17.8 Å². The highest BCUT2D eigenvalue weighted by atomic mass is 35.5. The molecule has 0 radical (unpaired) electrons. The van der Waals surface area contributed by atoms with Crippen molar-refractivity contribution < 1.29 is 8.42 Å². The number of tetrazole rings is 1. The minimum Gasteiger partial charge on any atom is -0.359 e. The number of allylic oxidation sites excluding steroid dienone is 1. The molecule has 152 valence electrons. The Bertz CT molecular complexity index is 1250. The zero-order valence-corrected chi connectivity index (χ0v) is 17.2. The molecule has 2 aromatic carbocycles. The van der Waals surface area contributed by atoms with Crippen molar-refractivity contribution in [1.29, 1.82) is 5.26 Å². The minimum absolute atomic E-state index is 0.0950. The molecule has 0 aliphatic carbocycles. The second kappa shape index (κ2) is 8.14. The predicted molar refractivity (Wildman–Crippen MR) is 112 cm³/mol. The Hall–Kier alpha value is -3.42. The molecular formula is C19H16ClN7O2S. The number of para-hydroxylation sites is 1. The molecule has 0 saturated heterocycles. The monoisotopic (exact) mass is 441 g/mol. The van der Waals surface area contributed by atoms with E-state index < -0.39 is 10.0 Å². The maximum Gasteiger partial charge on any atom is 0.264 e. The van der Waals surface area contributed by atoms with Gasteiger partial charge in [-0.2, -0.15) is 10.5 Å². The molecule has 1 aliphatic rings. The lowest BCUT2D eigenvalue weighted by Gasteiger charge is -2.30. The highest BCUT2D eigenvalue weighted by Gasteiger charge is 2.29. The number of hydrogen-bond donors (Lipinski definition) is 2. The minimum atomic E-state index is -3.79. The van der Waals surface area contributed by atoms with E-state index in [0.29, 0.717) is 22.9 Å². The van der Waals surface area contributed by atoms with Gasteiger partial charge in [-0.1, -0.05) is 29.8 Å². The van der Waals surface area contributed by atoms with Crippen LogP contribution in [0.25, 0.3) is 5.57 Å². The van der Waals surface area contributed by atoms with Gasteiger partial charge in [-0.25, -0.2) is 8.42 Å². The van der Waals surface area contributed by atoms with E-state index in [1.807, 2.05) is 30.3 Å². The first-order chi connectivity index (χ1) is 14.5. The lowest BCUT2D eigenvalue weighted by Crippen LogP contribution is -2.35. The van der Waals surface area contributed by atoms with E-state index in [1.165, 1.54) is 28.7 Å². The van der Waals surface area contributed by atoms with Gasteiger partial charge < -0.3 is 5.32 Å². The van der Waals surface area contributed by atoms with E-state index in [4.69, 9.17) is 11.6 Å². The number of rotatable bonds is 5. The van der Waals surface area contributed by atoms with Crippen molar-refractivity contribution >= 4 is 38.6 Å². The predicted octanol–water partition coefficient (Wildman–Crippen LogP) is 2.97. The number of nitriles is 1. The Morgan fingerprint density at radius 2 is 2.13 bits per heavy atom. The van der Waals surface area contributed by atoms with E-state index in [-0.39, 0.29) is 16.3 Å². The number of aromatic amines is 1. The first-order valence-corrected chi connectivity index (χ1v) is 10.8. The van der Waals surface area contributed by atoms with Crippen molar-refractivity contribution in [3.05, 3.63) is 65.1 Å². The van der Waals surface area contributed by atoms with Gasteiger partial charge in [0.15, 0.2) is 0 Å². The average molecular weight is 442 g/mol. The summed E-state index contributed by atoms with van der Waals surface area (Å²) in [5.41, 5.74) is 2.13. The molecule has 1 aliphatic heterocycles. The number of aryl methyl sites for hydroxylation is 1. The van der Waals surface area contributed by atoms with E-state index in [2.05, 4.69) is 25.9 Å². The van der Waals surface area contributed by atoms with Gasteiger partial charge in [-0.05, 0) is 47.9 Å². The number of halogens is 1. The second-order valence-electron chi connectivity index (χ2n) is 6.50. The first kappa shape index (κ1) is 19.9. The standard InChI is InChI=1S/C19H16ClN7O2S/c20-16-8-7-15(10-17(16)22-12-14(11-21)19-23-25-26-24-19)30(28,29)27-9-3-5-13-4-1-2-6-18(13)27/h1-2,4,6-8,10,12,22H,3,5,9H2,(H,23,24,25,26). The van der Waals surface area contributed by atoms with E-state index in [0.717, 1.165) is 18.4 Å². The number of hydrogen-bond acceptors (Lipinski definition) is 7. The molecule has 0 saturated carbocycles. The van der Waals surface area contributed by atoms with Gasteiger partial charge >= 0.3 is 0 Å². The Morgan fingerprint density at radius 1 is 1.30 bits per heavy atom. The zero-order valence-electron chi connectivity index (χ0n) is 15.6. The summed E-state index contributed by atoms with van der Waals surface area (Å²) >= 11 is 6.23. The highest BCUT2D eigenvalue weighted by Crippen LogP contribution is 2.34. The molecule has 0 amide bonds. The van der Waals surface area contributed by atoms with E-state index >= 15 is 0 Å². The number of H-pyrrole nitrogens is 1. The summed E-state index contributed by atoms with van der Waals surface area (Å²) in [5.74, 6) is 0.106. The summed E-state index contributed by atoms with van der Waals surface area (Å²) in [5, 5.41) is 25.6. The number of fused-ring (bicyclic) bond motifs is 1. The van der Waals surface area contributed by atoms with Gasteiger partial charge in [0.1, 0.15) is 11.6 Å². The molecule has 30 heavy (non-hydrogen) atoms. The number of aromatic nitrogens is 4. The van der Waals surface area contributed by atoms with Crippen molar-refractivity contribution in [2.24, 2.45) is 0 Å². The lowest BCUT2D eigenvalue weighted by atomic mass is 10.0. The molecule has 2 N–H and O–H groups in total. The molecule has 4 rings (SSSR count). The molecular weight excluding hydrogens is 426 g/mol. The van der Waals surface area contributed by atoms with Gasteiger partial charge in [0.25, 0.3) is 10.0 Å². The molecule has 11 heteroatoms. The lowest BCUT2D eigenvalue weighted by molar-refractivity contribution is 0.586. The Morgan fingerprint density at radius 3 is 2.90 bits per heavy atom. The fourth-order valence-corrected chi connectivity index (χ4v) is 4.96. The third-order valence-electron chi connectivity index (χ3n) is 4.67. The van der Waals surface area contributed by atoms with Crippen LogP contribution < -0.4 is 9.62 Å². The molecule has 0 unspecified atom stereocenters. The average Bonchev–Trinajstić information content (AvgIpc) is 3.29. The summed E-state index contributed by atoms with van der Waals surface area (Å²) < 4.78 is 28.1. The summed E-state index contributed by atoms with van der Waals surface area (Å²) in [6, 6.07) is 13.8. The smallest absolute Gasteiger partial charge is 0.264 e. The number of benzene rings is 2. The highest BCUT2D eigenvalue weighted by molar-refractivity contribution is 7.92. The molecule has 9 nitrogen and oxygen atoms in total. The quantitative estimate of drug-likeness (QED) is 0.582. The maximum atomic E-state index is 13.3. The van der Waals surface area contributed by atoms with E-state index in [9.17, 15) is 13.7 Å². The third-order valence-corrected chi connectivity index (χ3v) is 6.81. The molecule has 1 aromatic heterocycles. The van der Waals surface area contributed by atoms with Gasteiger partial charge in [-0.3, -0.25) is 4.31 Å². The number of anilines is 2. The summed E-state index contributed by atoms with van der Waals surface area (Å²) in [7, 11) is -3.79. The van der Waals surface area contributed by atoms with Crippen LogP contribution in [0.4, 0.5) is 11.4 Å². The third kappa shape index (κ3) is 3.72. The van der Waals surface area contributed by atoms with Gasteiger partial charge in [-0.15, -0.1) is 10.2 Å². The van der Waals surface area contributed by atoms with Gasteiger partial charge in [0.2, 0.25) is 5.82 Å². The Balaban J connectivity index is 1.67. The van der Waals surface area contributed by atoms with Crippen molar-refractivity contribution in [3.63, 3.8) is 0 Å². The topological polar surface area (TPSA) is 128 Å². The van der Waals surface area contributed by atoms with Crippen LogP contribution in [0.15, 0.2) is 53.6 Å². The van der Waals surface area contributed by atoms with Crippen LogP contribution in [0.2, 0.25) is 5.02 Å². The molecule has 2 heterocycles. The molecule has 0 atom stereocenters. The SMILES string of the molecule is N#CC(=CNc1cc(S(=O)(=O)N2CCCc3ccccc32)ccc1Cl)c1nn[nH]n1. The van der Waals surface area contributed by atoms with Crippen molar-refractivity contribution in [3.8, 4) is 6.07 Å². The first-order valence-electron chi connectivity index (χ1n) is 9.01. The fourth-order valence-electron chi connectivity index (χ4n) is 3.22. The van der Waals surface area contributed by atoms with Gasteiger partial charge in [0, 0.05) is 12.7 Å². The van der Waals surface area contributed by atoms with Gasteiger partial charge in [0.05, 0.1) is 21.3 Å². The van der Waals surface area contributed by atoms with Crippen LogP contribution >= 0.6 is 11.6 Å². The summed E-state index contributed by atoms with van der Waals surface area (Å²) in [4.78, 5) is 0.0950. The second-order valence-corrected chi connectivity index (χ2v) is 8.77. The van der Waals surface area contributed by atoms with Crippen molar-refractivity contribution in [1.82, 2.24) is 20.6 Å². The largest absolute Gasteiger partial charge is 0.359 e. The summed E-state index contributed by atoms with van der Waals surface area (Å²) in [6.07, 6.45) is 2.93. The fraction of sp³-hybridized carbons (Fsp3) is 0.158. The van der Waals surface area contributed by atoms with Crippen LogP contribution in [0, 0.1) is 11.3 Å². The van der Waals surface area contributed by atoms with Crippen LogP contribution in [0.3, 0.4) is 0 Å². The molecule has 3 aromatic rings. The molecule has 0 spiro atoms. The number of nitrogens with one attached hydrogen (secondary N) is 2. The number of sulfonamides is 1. The summed E-state index contributed by atoms with van der Waals surface area (Å²) in [6.45, 7) is 0.404. The zero-order chi connectivity index (χ0) is 21.1. The molecule has 0 fully saturated rings. The van der Waals surface area contributed by atoms with Crippen molar-refractivity contribution in [2.45, 2.75) is 17.7 Å². The van der Waals surface area contributed by atoms with E-state index in [1.54, 1.807) is 0 Å². The van der Waals surface area contributed by atoms with Crippen LogP contribution in [-0.2, 0) is 16.4 Å². The normalized spacial score (nSPS) is 14.1. The number of nitrogens with zero attached hydrogens (tertiary/aromatic N) is 5.